The Labute approximate surface area is 163 Å². The molecule has 2 saturated heterocycles. The van der Waals surface area contributed by atoms with Crippen LogP contribution in [0.5, 0.6) is 0 Å². The molecule has 2 aliphatic heterocycles. The van der Waals surface area contributed by atoms with E-state index in [4.69, 9.17) is 9.15 Å². The Balaban J connectivity index is 1.18. The van der Waals surface area contributed by atoms with Crippen molar-refractivity contribution < 1.29 is 9.15 Å². The Bertz CT molecular complexity index is 931. The molecule has 8 nitrogen and oxygen atoms in total. The molecule has 4 heterocycles. The van der Waals surface area contributed by atoms with Crippen molar-refractivity contribution in [2.75, 3.05) is 44.3 Å². The number of benzene rings is 1. The third kappa shape index (κ3) is 3.70. The number of hydrogen-bond acceptors (Lipinski definition) is 8. The summed E-state index contributed by atoms with van der Waals surface area (Å²) < 4.78 is 11.3. The minimum Gasteiger partial charge on any atom is -0.424 e. The highest BCUT2D eigenvalue weighted by molar-refractivity contribution is 5.81. The van der Waals surface area contributed by atoms with E-state index in [1.807, 2.05) is 6.20 Å². The summed E-state index contributed by atoms with van der Waals surface area (Å²) >= 11 is 0. The Kier molecular flexibility index (Phi) is 4.88. The van der Waals surface area contributed by atoms with Gasteiger partial charge in [-0.1, -0.05) is 0 Å². The lowest BCUT2D eigenvalue weighted by Gasteiger charge is -2.35. The van der Waals surface area contributed by atoms with Gasteiger partial charge in [-0.25, -0.2) is 9.97 Å². The van der Waals surface area contributed by atoms with Gasteiger partial charge in [-0.15, -0.1) is 10.2 Å². The van der Waals surface area contributed by atoms with Gasteiger partial charge >= 0.3 is 0 Å². The van der Waals surface area contributed by atoms with E-state index in [2.05, 4.69) is 48.2 Å². The summed E-state index contributed by atoms with van der Waals surface area (Å²) in [6.07, 6.45) is 5.40. The van der Waals surface area contributed by atoms with Crippen LogP contribution >= 0.6 is 0 Å². The maximum atomic E-state index is 5.94. The average molecular weight is 380 g/mol. The second-order valence-electron chi connectivity index (χ2n) is 7.45. The predicted octanol–water partition coefficient (Wildman–Crippen LogP) is 2.23. The number of nitrogens with zero attached hydrogens (tertiary/aromatic N) is 6. The summed E-state index contributed by atoms with van der Waals surface area (Å²) in [4.78, 5) is 13.2. The fourth-order valence-electron chi connectivity index (χ4n) is 3.96. The number of piperazine rings is 1. The van der Waals surface area contributed by atoms with Gasteiger partial charge in [0.25, 0.3) is 0 Å². The number of anilines is 1. The molecule has 2 fully saturated rings. The van der Waals surface area contributed by atoms with Crippen molar-refractivity contribution in [2.24, 2.45) is 0 Å². The third-order valence-electron chi connectivity index (χ3n) is 5.64. The molecule has 0 bridgehead atoms. The Hall–Kier alpha value is -2.58. The van der Waals surface area contributed by atoms with Crippen molar-refractivity contribution in [1.82, 2.24) is 25.1 Å². The van der Waals surface area contributed by atoms with E-state index in [0.717, 1.165) is 81.5 Å². The van der Waals surface area contributed by atoms with Crippen LogP contribution in [0.3, 0.4) is 0 Å². The molecule has 0 radical (unpaired) electrons. The molecule has 0 saturated carbocycles. The normalized spacial score (nSPS) is 19.4. The van der Waals surface area contributed by atoms with Gasteiger partial charge in [0.1, 0.15) is 6.33 Å². The molecule has 2 aliphatic rings. The van der Waals surface area contributed by atoms with E-state index in [1.54, 1.807) is 6.33 Å². The first kappa shape index (κ1) is 17.5. The Morgan fingerprint density at radius 1 is 1.04 bits per heavy atom. The van der Waals surface area contributed by atoms with Crippen molar-refractivity contribution in [1.29, 1.82) is 0 Å². The fraction of sp³-hybridized carbons (Fsp3) is 0.500. The van der Waals surface area contributed by atoms with E-state index < -0.39 is 0 Å². The van der Waals surface area contributed by atoms with Gasteiger partial charge in [0.05, 0.1) is 12.1 Å². The van der Waals surface area contributed by atoms with Crippen LogP contribution < -0.4 is 4.90 Å². The summed E-state index contributed by atoms with van der Waals surface area (Å²) in [5.74, 6) is 1.84. The first-order valence-electron chi connectivity index (χ1n) is 9.92. The second kappa shape index (κ2) is 7.81. The fourth-order valence-corrected chi connectivity index (χ4v) is 3.96. The van der Waals surface area contributed by atoms with Crippen LogP contribution in [0.1, 0.15) is 30.5 Å². The molecule has 1 aromatic carbocycles. The zero-order valence-electron chi connectivity index (χ0n) is 15.8. The van der Waals surface area contributed by atoms with Gasteiger partial charge in [-0.05, 0) is 31.0 Å². The van der Waals surface area contributed by atoms with Crippen LogP contribution in [-0.4, -0.2) is 64.5 Å². The smallest absolute Gasteiger partial charge is 0.230 e. The van der Waals surface area contributed by atoms with Gasteiger partial charge in [-0.3, -0.25) is 4.90 Å². The largest absolute Gasteiger partial charge is 0.424 e. The number of fused-ring (bicyclic) bond motifs is 1. The lowest BCUT2D eigenvalue weighted by molar-refractivity contribution is 0.0788. The first-order valence-corrected chi connectivity index (χ1v) is 9.92. The maximum Gasteiger partial charge on any atom is 0.230 e. The lowest BCUT2D eigenvalue weighted by Crippen LogP contribution is -2.46. The van der Waals surface area contributed by atoms with Crippen LogP contribution in [0.15, 0.2) is 35.1 Å². The van der Waals surface area contributed by atoms with E-state index in [9.17, 15) is 0 Å². The third-order valence-corrected chi connectivity index (χ3v) is 5.64. The van der Waals surface area contributed by atoms with Crippen molar-refractivity contribution in [2.45, 2.75) is 25.3 Å². The quantitative estimate of drug-likeness (QED) is 0.682. The average Bonchev–Trinajstić information content (AvgIpc) is 3.23. The van der Waals surface area contributed by atoms with Crippen molar-refractivity contribution >= 4 is 16.6 Å². The molecule has 0 unspecified atom stereocenters. The SMILES string of the molecule is c1ncc2cc(N3CCN(Cc4nnc(C5CCOCC5)o4)CC3)ccc2n1. The molecular formula is C20H24N6O2. The zero-order valence-corrected chi connectivity index (χ0v) is 15.8. The molecule has 0 amide bonds. The molecule has 2 aromatic heterocycles. The molecule has 8 heteroatoms. The van der Waals surface area contributed by atoms with Crippen molar-refractivity contribution in [3.63, 3.8) is 0 Å². The van der Waals surface area contributed by atoms with Crippen LogP contribution in [-0.2, 0) is 11.3 Å². The number of rotatable bonds is 4. The van der Waals surface area contributed by atoms with Gasteiger partial charge in [0, 0.05) is 62.6 Å². The van der Waals surface area contributed by atoms with E-state index in [-0.39, 0.29) is 0 Å². The molecule has 28 heavy (non-hydrogen) atoms. The highest BCUT2D eigenvalue weighted by Gasteiger charge is 2.23. The highest BCUT2D eigenvalue weighted by Crippen LogP contribution is 2.26. The van der Waals surface area contributed by atoms with Gasteiger partial charge < -0.3 is 14.1 Å². The minimum atomic E-state index is 0.351. The topological polar surface area (TPSA) is 80.4 Å². The van der Waals surface area contributed by atoms with Crippen LogP contribution in [0.25, 0.3) is 10.9 Å². The summed E-state index contributed by atoms with van der Waals surface area (Å²) in [5, 5.41) is 9.62. The van der Waals surface area contributed by atoms with Gasteiger partial charge in [0.15, 0.2) is 0 Å². The molecule has 0 atom stereocenters. The predicted molar refractivity (Wildman–Crippen MR) is 104 cm³/mol. The summed E-state index contributed by atoms with van der Waals surface area (Å²) in [6, 6.07) is 6.38. The van der Waals surface area contributed by atoms with Gasteiger partial charge in [0.2, 0.25) is 11.8 Å². The van der Waals surface area contributed by atoms with Crippen LogP contribution in [0.4, 0.5) is 5.69 Å². The molecule has 0 spiro atoms. The van der Waals surface area contributed by atoms with Crippen LogP contribution in [0.2, 0.25) is 0 Å². The second-order valence-corrected chi connectivity index (χ2v) is 7.45. The molecule has 146 valence electrons. The molecular weight excluding hydrogens is 356 g/mol. The molecule has 3 aromatic rings. The Morgan fingerprint density at radius 2 is 1.89 bits per heavy atom. The monoisotopic (exact) mass is 380 g/mol. The summed E-state index contributed by atoms with van der Waals surface area (Å²) in [6.45, 7) is 6.17. The zero-order chi connectivity index (χ0) is 18.8. The molecule has 0 N–H and O–H groups in total. The molecule has 5 rings (SSSR count). The van der Waals surface area contributed by atoms with Crippen molar-refractivity contribution in [3.8, 4) is 0 Å². The summed E-state index contributed by atoms with van der Waals surface area (Å²) in [7, 11) is 0. The van der Waals surface area contributed by atoms with E-state index in [0.29, 0.717) is 5.92 Å². The minimum absolute atomic E-state index is 0.351. The maximum absolute atomic E-state index is 5.94. The number of hydrogen-bond donors (Lipinski definition) is 0. The number of ether oxygens (including phenoxy) is 1. The number of aromatic nitrogens is 4. The first-order chi connectivity index (χ1) is 13.8. The standard InChI is InChI=1S/C20H24N6O2/c1-2-18-16(12-21-14-22-18)11-17(1)26-7-5-25(6-8-26)13-19-23-24-20(28-19)15-3-9-27-10-4-15/h1-2,11-12,14-15H,3-10,13H2. The van der Waals surface area contributed by atoms with Gasteiger partial charge in [-0.2, -0.15) is 0 Å². The molecule has 0 aliphatic carbocycles. The lowest BCUT2D eigenvalue weighted by atomic mass is 10.0. The highest BCUT2D eigenvalue weighted by atomic mass is 16.5. The van der Waals surface area contributed by atoms with Crippen molar-refractivity contribution in [3.05, 3.63) is 42.5 Å². The van der Waals surface area contributed by atoms with E-state index >= 15 is 0 Å². The summed E-state index contributed by atoms with van der Waals surface area (Å²) in [5.41, 5.74) is 2.20. The van der Waals surface area contributed by atoms with Crippen LogP contribution in [0, 0.1) is 0 Å². The Morgan fingerprint density at radius 3 is 2.75 bits per heavy atom. The van der Waals surface area contributed by atoms with E-state index in [1.165, 1.54) is 5.69 Å².